The summed E-state index contributed by atoms with van der Waals surface area (Å²) < 4.78 is 32.7. The van der Waals surface area contributed by atoms with Crippen molar-refractivity contribution >= 4 is 21.4 Å². The molecule has 0 aliphatic carbocycles. The highest BCUT2D eigenvalue weighted by atomic mass is 32.2. The normalized spacial score (nSPS) is 13.5. The zero-order valence-corrected chi connectivity index (χ0v) is 13.1. The van der Waals surface area contributed by atoms with Crippen LogP contribution in [0.3, 0.4) is 0 Å². The quantitative estimate of drug-likeness (QED) is 0.823. The third-order valence-electron chi connectivity index (χ3n) is 2.78. The van der Waals surface area contributed by atoms with Crippen molar-refractivity contribution in [3.05, 3.63) is 41.2 Å². The standard InChI is InChI=1S/C13H18N2O3S2/c1-3-14-8-11-7-13(19-9-11)20(16,17)15-10(2)12-5-4-6-18-12/h4-7,9-10,14-15H,3,8H2,1-2H3. The summed E-state index contributed by atoms with van der Waals surface area (Å²) in [7, 11) is -3.51. The molecule has 0 aliphatic heterocycles. The molecule has 0 radical (unpaired) electrons. The Morgan fingerprint density at radius 3 is 2.90 bits per heavy atom. The lowest BCUT2D eigenvalue weighted by molar-refractivity contribution is 0.459. The molecule has 2 heterocycles. The second-order valence-electron chi connectivity index (χ2n) is 4.41. The summed E-state index contributed by atoms with van der Waals surface area (Å²) >= 11 is 1.23. The van der Waals surface area contributed by atoms with E-state index >= 15 is 0 Å². The Kier molecular flexibility index (Phi) is 4.98. The number of nitrogens with one attached hydrogen (secondary N) is 2. The van der Waals surface area contributed by atoms with Gasteiger partial charge in [-0.15, -0.1) is 11.3 Å². The minimum atomic E-state index is -3.51. The van der Waals surface area contributed by atoms with Crippen LogP contribution in [0.2, 0.25) is 0 Å². The van der Waals surface area contributed by atoms with E-state index in [4.69, 9.17) is 4.42 Å². The van der Waals surface area contributed by atoms with Crippen LogP contribution in [0, 0.1) is 0 Å². The molecule has 0 fully saturated rings. The Balaban J connectivity index is 2.08. The maximum Gasteiger partial charge on any atom is 0.250 e. The summed E-state index contributed by atoms with van der Waals surface area (Å²) in [5.74, 6) is 0.595. The molecule has 1 unspecified atom stereocenters. The Labute approximate surface area is 123 Å². The molecular formula is C13H18N2O3S2. The van der Waals surface area contributed by atoms with Crippen LogP contribution >= 0.6 is 11.3 Å². The van der Waals surface area contributed by atoms with Gasteiger partial charge in [-0.1, -0.05) is 6.92 Å². The lowest BCUT2D eigenvalue weighted by atomic mass is 10.3. The first-order valence-corrected chi connectivity index (χ1v) is 8.73. The number of rotatable bonds is 7. The Morgan fingerprint density at radius 1 is 1.45 bits per heavy atom. The van der Waals surface area contributed by atoms with Crippen molar-refractivity contribution in [2.24, 2.45) is 0 Å². The molecular weight excluding hydrogens is 296 g/mol. The molecule has 1 atom stereocenters. The maximum atomic E-state index is 12.3. The first-order valence-electron chi connectivity index (χ1n) is 6.37. The molecule has 110 valence electrons. The van der Waals surface area contributed by atoms with Crippen LogP contribution in [0.5, 0.6) is 0 Å². The predicted molar refractivity (Wildman–Crippen MR) is 79.1 cm³/mol. The van der Waals surface area contributed by atoms with E-state index in [1.54, 1.807) is 25.1 Å². The summed E-state index contributed by atoms with van der Waals surface area (Å²) in [6, 6.07) is 4.79. The fraction of sp³-hybridized carbons (Fsp3) is 0.385. The fourth-order valence-corrected chi connectivity index (χ4v) is 4.18. The number of thiophene rings is 1. The molecule has 2 aromatic rings. The van der Waals surface area contributed by atoms with Gasteiger partial charge in [0.2, 0.25) is 0 Å². The van der Waals surface area contributed by atoms with Crippen molar-refractivity contribution in [2.75, 3.05) is 6.54 Å². The molecule has 2 aromatic heterocycles. The minimum Gasteiger partial charge on any atom is -0.468 e. The second kappa shape index (κ2) is 6.53. The average molecular weight is 314 g/mol. The van der Waals surface area contributed by atoms with Gasteiger partial charge in [0.05, 0.1) is 12.3 Å². The van der Waals surface area contributed by atoms with Crippen molar-refractivity contribution in [1.82, 2.24) is 10.0 Å². The van der Waals surface area contributed by atoms with E-state index in [1.165, 1.54) is 17.6 Å². The third-order valence-corrected chi connectivity index (χ3v) is 5.80. The third kappa shape index (κ3) is 3.69. The first-order chi connectivity index (χ1) is 9.53. The van der Waals surface area contributed by atoms with Gasteiger partial charge in [-0.3, -0.25) is 0 Å². The van der Waals surface area contributed by atoms with Crippen LogP contribution in [-0.4, -0.2) is 15.0 Å². The van der Waals surface area contributed by atoms with Gasteiger partial charge >= 0.3 is 0 Å². The SMILES string of the molecule is CCNCc1csc(S(=O)(=O)NC(C)c2ccco2)c1. The number of hydrogen-bond acceptors (Lipinski definition) is 5. The van der Waals surface area contributed by atoms with Crippen LogP contribution in [0.25, 0.3) is 0 Å². The van der Waals surface area contributed by atoms with Crippen LogP contribution in [-0.2, 0) is 16.6 Å². The molecule has 2 N–H and O–H groups in total. The van der Waals surface area contributed by atoms with Crippen LogP contribution in [0.15, 0.2) is 38.5 Å². The van der Waals surface area contributed by atoms with Crippen molar-refractivity contribution in [3.8, 4) is 0 Å². The summed E-state index contributed by atoms with van der Waals surface area (Å²) in [5.41, 5.74) is 0.975. The summed E-state index contributed by atoms with van der Waals surface area (Å²) in [5, 5.41) is 5.02. The molecule has 0 saturated heterocycles. The highest BCUT2D eigenvalue weighted by Gasteiger charge is 2.21. The minimum absolute atomic E-state index is 0.323. The largest absolute Gasteiger partial charge is 0.468 e. The predicted octanol–water partition coefficient (Wildman–Crippen LogP) is 2.49. The van der Waals surface area contributed by atoms with Gasteiger partial charge in [0.25, 0.3) is 10.0 Å². The van der Waals surface area contributed by atoms with Crippen molar-refractivity contribution < 1.29 is 12.8 Å². The van der Waals surface area contributed by atoms with Gasteiger partial charge in [0.15, 0.2) is 0 Å². The van der Waals surface area contributed by atoms with Crippen molar-refractivity contribution in [1.29, 1.82) is 0 Å². The van der Waals surface area contributed by atoms with Gasteiger partial charge in [-0.05, 0) is 42.6 Å². The lowest BCUT2D eigenvalue weighted by Gasteiger charge is -2.10. The zero-order valence-electron chi connectivity index (χ0n) is 11.4. The Morgan fingerprint density at radius 2 is 2.25 bits per heavy atom. The molecule has 2 rings (SSSR count). The van der Waals surface area contributed by atoms with Gasteiger partial charge in [-0.25, -0.2) is 13.1 Å². The molecule has 7 heteroatoms. The van der Waals surface area contributed by atoms with Crippen LogP contribution < -0.4 is 10.0 Å². The molecule has 0 saturated carbocycles. The number of sulfonamides is 1. The van der Waals surface area contributed by atoms with Gasteiger partial charge in [0.1, 0.15) is 9.97 Å². The van der Waals surface area contributed by atoms with Crippen LogP contribution in [0.4, 0.5) is 0 Å². The smallest absolute Gasteiger partial charge is 0.250 e. The van der Waals surface area contributed by atoms with E-state index in [1.807, 2.05) is 12.3 Å². The van der Waals surface area contributed by atoms with E-state index in [2.05, 4.69) is 10.0 Å². The summed E-state index contributed by atoms with van der Waals surface area (Å²) in [4.78, 5) is 0. The van der Waals surface area contributed by atoms with E-state index in [0.29, 0.717) is 16.5 Å². The maximum absolute atomic E-state index is 12.3. The first kappa shape index (κ1) is 15.2. The Bertz CT molecular complexity index is 632. The molecule has 0 aromatic carbocycles. The zero-order chi connectivity index (χ0) is 14.6. The molecule has 0 aliphatic rings. The number of furan rings is 1. The van der Waals surface area contributed by atoms with Gasteiger partial charge in [0, 0.05) is 6.54 Å². The van der Waals surface area contributed by atoms with Gasteiger partial charge in [-0.2, -0.15) is 0 Å². The Hall–Kier alpha value is -1.15. The highest BCUT2D eigenvalue weighted by molar-refractivity contribution is 7.91. The molecule has 0 amide bonds. The summed E-state index contributed by atoms with van der Waals surface area (Å²) in [6.07, 6.45) is 1.53. The fourth-order valence-electron chi connectivity index (χ4n) is 1.74. The molecule has 0 spiro atoms. The van der Waals surface area contributed by atoms with Crippen molar-refractivity contribution in [2.45, 2.75) is 30.6 Å². The van der Waals surface area contributed by atoms with E-state index < -0.39 is 16.1 Å². The van der Waals surface area contributed by atoms with E-state index in [9.17, 15) is 8.42 Å². The molecule has 5 nitrogen and oxygen atoms in total. The van der Waals surface area contributed by atoms with Crippen molar-refractivity contribution in [3.63, 3.8) is 0 Å². The molecule has 0 bridgehead atoms. The van der Waals surface area contributed by atoms with Gasteiger partial charge < -0.3 is 9.73 Å². The van der Waals surface area contributed by atoms with E-state index in [-0.39, 0.29) is 0 Å². The monoisotopic (exact) mass is 314 g/mol. The lowest BCUT2D eigenvalue weighted by Crippen LogP contribution is -2.26. The highest BCUT2D eigenvalue weighted by Crippen LogP contribution is 2.23. The molecule has 20 heavy (non-hydrogen) atoms. The summed E-state index contributed by atoms with van der Waals surface area (Å²) in [6.45, 7) is 5.29. The number of hydrogen-bond donors (Lipinski definition) is 2. The topological polar surface area (TPSA) is 71.3 Å². The van der Waals surface area contributed by atoms with E-state index in [0.717, 1.165) is 12.1 Å². The average Bonchev–Trinajstić information content (AvgIpc) is 3.07. The second-order valence-corrected chi connectivity index (χ2v) is 7.26. The van der Waals surface area contributed by atoms with Crippen LogP contribution in [0.1, 0.15) is 31.2 Å².